The Bertz CT molecular complexity index is 885. The third-order valence-electron chi connectivity index (χ3n) is 3.96. The molecule has 0 aliphatic rings. The summed E-state index contributed by atoms with van der Waals surface area (Å²) >= 11 is 1.52. The number of hydrogen-bond acceptors (Lipinski definition) is 2. The van der Waals surface area contributed by atoms with Gasteiger partial charge in [0.05, 0.1) is 17.8 Å². The summed E-state index contributed by atoms with van der Waals surface area (Å²) in [5, 5.41) is 1.88. The third-order valence-corrected chi connectivity index (χ3v) is 4.92. The Labute approximate surface area is 153 Å². The maximum Gasteiger partial charge on any atom is 0.416 e. The van der Waals surface area contributed by atoms with Crippen LogP contribution in [0, 0.1) is 0 Å². The average molecular weight is 375 g/mol. The van der Waals surface area contributed by atoms with Crippen LogP contribution in [0.15, 0.2) is 66.0 Å². The highest BCUT2D eigenvalue weighted by Gasteiger charge is 2.30. The molecule has 26 heavy (non-hydrogen) atoms. The molecule has 1 amide bonds. The predicted molar refractivity (Wildman–Crippen MR) is 98.1 cm³/mol. The van der Waals surface area contributed by atoms with Crippen molar-refractivity contribution < 1.29 is 18.0 Å². The van der Waals surface area contributed by atoms with E-state index in [9.17, 15) is 18.0 Å². The molecule has 0 saturated heterocycles. The van der Waals surface area contributed by atoms with Crippen molar-refractivity contribution in [2.24, 2.45) is 0 Å². The molecule has 0 spiro atoms. The average Bonchev–Trinajstić information content (AvgIpc) is 3.09. The minimum atomic E-state index is -4.36. The van der Waals surface area contributed by atoms with Gasteiger partial charge >= 0.3 is 6.18 Å². The van der Waals surface area contributed by atoms with Crippen LogP contribution in [0.5, 0.6) is 0 Å². The maximum atomic E-state index is 12.7. The molecule has 0 unspecified atom stereocenters. The van der Waals surface area contributed by atoms with Crippen molar-refractivity contribution in [2.45, 2.75) is 19.6 Å². The number of alkyl halides is 3. The van der Waals surface area contributed by atoms with Gasteiger partial charge < -0.3 is 4.90 Å². The lowest BCUT2D eigenvalue weighted by Gasteiger charge is -2.20. The summed E-state index contributed by atoms with van der Waals surface area (Å²) in [5.41, 5.74) is 1.74. The van der Waals surface area contributed by atoms with Gasteiger partial charge in [0.25, 0.3) is 0 Å². The van der Waals surface area contributed by atoms with E-state index in [1.165, 1.54) is 30.4 Å². The van der Waals surface area contributed by atoms with E-state index in [0.717, 1.165) is 28.3 Å². The van der Waals surface area contributed by atoms with Gasteiger partial charge in [0.15, 0.2) is 0 Å². The first-order valence-corrected chi connectivity index (χ1v) is 8.81. The van der Waals surface area contributed by atoms with E-state index in [4.69, 9.17) is 0 Å². The van der Waals surface area contributed by atoms with Crippen LogP contribution in [0.2, 0.25) is 0 Å². The highest BCUT2D eigenvalue weighted by Crippen LogP contribution is 2.33. The molecule has 0 saturated carbocycles. The van der Waals surface area contributed by atoms with Gasteiger partial charge in [-0.2, -0.15) is 13.2 Å². The molecule has 3 aromatic rings. The standard InChI is InChI=1S/C20H16F3NOS/c1-14(25)24(12-15-7-9-17(10-8-15)20(21,22)23)18-11-19(26-13-18)16-5-3-2-4-6-16/h2-11,13H,12H2,1H3. The lowest BCUT2D eigenvalue weighted by atomic mass is 10.1. The number of amides is 1. The smallest absolute Gasteiger partial charge is 0.307 e. The van der Waals surface area contributed by atoms with Crippen molar-refractivity contribution >= 4 is 22.9 Å². The van der Waals surface area contributed by atoms with E-state index < -0.39 is 11.7 Å². The van der Waals surface area contributed by atoms with Crippen LogP contribution < -0.4 is 4.90 Å². The summed E-state index contributed by atoms with van der Waals surface area (Å²) in [7, 11) is 0. The predicted octanol–water partition coefficient (Wildman–Crippen LogP) is 5.99. The maximum absolute atomic E-state index is 12.7. The van der Waals surface area contributed by atoms with Crippen LogP contribution in [-0.4, -0.2) is 5.91 Å². The summed E-state index contributed by atoms with van der Waals surface area (Å²) in [6.45, 7) is 1.67. The number of nitrogens with zero attached hydrogens (tertiary/aromatic N) is 1. The molecule has 2 aromatic carbocycles. The quantitative estimate of drug-likeness (QED) is 0.549. The van der Waals surface area contributed by atoms with Crippen LogP contribution >= 0.6 is 11.3 Å². The van der Waals surface area contributed by atoms with Crippen molar-refractivity contribution in [2.75, 3.05) is 4.90 Å². The Morgan fingerprint density at radius 2 is 1.69 bits per heavy atom. The molecular formula is C20H16F3NOS. The highest BCUT2D eigenvalue weighted by atomic mass is 32.1. The van der Waals surface area contributed by atoms with E-state index in [0.29, 0.717) is 5.56 Å². The van der Waals surface area contributed by atoms with Gasteiger partial charge in [0, 0.05) is 17.2 Å². The van der Waals surface area contributed by atoms with Crippen LogP contribution in [0.3, 0.4) is 0 Å². The fourth-order valence-corrected chi connectivity index (χ4v) is 3.49. The zero-order valence-corrected chi connectivity index (χ0v) is 14.8. The molecule has 0 radical (unpaired) electrons. The Balaban J connectivity index is 1.82. The second-order valence-corrected chi connectivity index (χ2v) is 6.75. The normalized spacial score (nSPS) is 11.4. The third kappa shape index (κ3) is 4.14. The zero-order valence-electron chi connectivity index (χ0n) is 14.0. The minimum Gasteiger partial charge on any atom is -0.307 e. The first-order chi connectivity index (χ1) is 12.3. The molecule has 0 aliphatic carbocycles. The summed E-state index contributed by atoms with van der Waals surface area (Å²) in [5.74, 6) is -0.165. The van der Waals surface area contributed by atoms with Crippen molar-refractivity contribution in [1.29, 1.82) is 0 Å². The largest absolute Gasteiger partial charge is 0.416 e. The number of carbonyl (C=O) groups excluding carboxylic acids is 1. The molecular weight excluding hydrogens is 359 g/mol. The zero-order chi connectivity index (χ0) is 18.7. The van der Waals surface area contributed by atoms with Gasteiger partial charge in [-0.1, -0.05) is 42.5 Å². The number of hydrogen-bond donors (Lipinski definition) is 0. The Hall–Kier alpha value is -2.60. The van der Waals surface area contributed by atoms with E-state index in [-0.39, 0.29) is 12.5 Å². The second-order valence-electron chi connectivity index (χ2n) is 5.84. The molecule has 2 nitrogen and oxygen atoms in total. The number of carbonyl (C=O) groups is 1. The van der Waals surface area contributed by atoms with Gasteiger partial charge in [-0.15, -0.1) is 11.3 Å². The molecule has 0 atom stereocenters. The first kappa shape index (κ1) is 18.2. The van der Waals surface area contributed by atoms with Crippen molar-refractivity contribution in [1.82, 2.24) is 0 Å². The Kier molecular flexibility index (Phi) is 5.13. The van der Waals surface area contributed by atoms with Gasteiger partial charge in [0.1, 0.15) is 0 Å². The molecule has 1 heterocycles. The molecule has 134 valence electrons. The van der Waals surface area contributed by atoms with Crippen LogP contribution in [0.25, 0.3) is 10.4 Å². The number of halogens is 3. The second kappa shape index (κ2) is 7.33. The highest BCUT2D eigenvalue weighted by molar-refractivity contribution is 7.14. The Morgan fingerprint density at radius 1 is 1.04 bits per heavy atom. The molecule has 3 rings (SSSR count). The molecule has 0 N–H and O–H groups in total. The Morgan fingerprint density at radius 3 is 2.27 bits per heavy atom. The molecule has 0 bridgehead atoms. The van der Waals surface area contributed by atoms with Crippen LogP contribution in [0.4, 0.5) is 18.9 Å². The molecule has 0 fully saturated rings. The summed E-state index contributed by atoms with van der Waals surface area (Å²) in [4.78, 5) is 14.7. The summed E-state index contributed by atoms with van der Waals surface area (Å²) < 4.78 is 38.0. The van der Waals surface area contributed by atoms with E-state index in [1.807, 2.05) is 41.8 Å². The minimum absolute atomic E-state index is 0.165. The first-order valence-electron chi connectivity index (χ1n) is 7.93. The number of benzene rings is 2. The van der Waals surface area contributed by atoms with E-state index in [1.54, 1.807) is 4.90 Å². The lowest BCUT2D eigenvalue weighted by Crippen LogP contribution is -2.27. The number of thiophene rings is 1. The van der Waals surface area contributed by atoms with Crippen molar-refractivity contribution in [3.8, 4) is 10.4 Å². The van der Waals surface area contributed by atoms with Gasteiger partial charge in [-0.3, -0.25) is 4.79 Å². The molecule has 0 aliphatic heterocycles. The summed E-state index contributed by atoms with van der Waals surface area (Å²) in [6, 6.07) is 16.6. The van der Waals surface area contributed by atoms with Gasteiger partial charge in [-0.05, 0) is 29.3 Å². The topological polar surface area (TPSA) is 20.3 Å². The van der Waals surface area contributed by atoms with Crippen LogP contribution in [0.1, 0.15) is 18.1 Å². The van der Waals surface area contributed by atoms with E-state index >= 15 is 0 Å². The van der Waals surface area contributed by atoms with E-state index in [2.05, 4.69) is 0 Å². The number of rotatable bonds is 4. The fraction of sp³-hybridized carbons (Fsp3) is 0.150. The van der Waals surface area contributed by atoms with Crippen LogP contribution in [-0.2, 0) is 17.5 Å². The SMILES string of the molecule is CC(=O)N(Cc1ccc(C(F)(F)F)cc1)c1csc(-c2ccccc2)c1. The summed E-state index contributed by atoms with van der Waals surface area (Å²) in [6.07, 6.45) is -4.36. The monoisotopic (exact) mass is 375 g/mol. The number of anilines is 1. The van der Waals surface area contributed by atoms with Gasteiger partial charge in [-0.25, -0.2) is 0 Å². The fourth-order valence-electron chi connectivity index (χ4n) is 2.59. The lowest BCUT2D eigenvalue weighted by molar-refractivity contribution is -0.137. The van der Waals surface area contributed by atoms with Gasteiger partial charge in [0.2, 0.25) is 5.91 Å². The van der Waals surface area contributed by atoms with Crippen molar-refractivity contribution in [3.63, 3.8) is 0 Å². The molecule has 1 aromatic heterocycles. The molecule has 6 heteroatoms. The van der Waals surface area contributed by atoms with Crippen molar-refractivity contribution in [3.05, 3.63) is 77.2 Å².